The van der Waals surface area contributed by atoms with Crippen LogP contribution in [0.15, 0.2) is 18.2 Å². The van der Waals surface area contributed by atoms with E-state index in [1.165, 1.54) is 12.1 Å². The second-order valence-corrected chi connectivity index (χ2v) is 4.73. The van der Waals surface area contributed by atoms with E-state index in [9.17, 15) is 8.78 Å². The fourth-order valence-electron chi connectivity index (χ4n) is 2.16. The van der Waals surface area contributed by atoms with Crippen LogP contribution < -0.4 is 5.32 Å². The fourth-order valence-corrected chi connectivity index (χ4v) is 2.16. The van der Waals surface area contributed by atoms with Crippen molar-refractivity contribution in [3.8, 4) is 0 Å². The molecule has 0 fully saturated rings. The number of halogens is 2. The molecular formula is C15H17F2N3. The maximum atomic E-state index is 13.6. The zero-order chi connectivity index (χ0) is 14.7. The van der Waals surface area contributed by atoms with Crippen LogP contribution in [0.4, 0.5) is 8.78 Å². The second-order valence-electron chi connectivity index (χ2n) is 4.73. The molecule has 0 bridgehead atoms. The Labute approximate surface area is 117 Å². The highest BCUT2D eigenvalue weighted by Crippen LogP contribution is 2.15. The Kier molecular flexibility index (Phi) is 4.39. The van der Waals surface area contributed by atoms with Crippen LogP contribution in [0.2, 0.25) is 0 Å². The monoisotopic (exact) mass is 277 g/mol. The van der Waals surface area contributed by atoms with Gasteiger partial charge >= 0.3 is 0 Å². The molecule has 0 amide bonds. The minimum absolute atomic E-state index is 0.258. The van der Waals surface area contributed by atoms with E-state index in [0.29, 0.717) is 17.9 Å². The number of nitrogens with zero attached hydrogens (tertiary/aromatic N) is 2. The van der Waals surface area contributed by atoms with Crippen molar-refractivity contribution in [3.63, 3.8) is 0 Å². The van der Waals surface area contributed by atoms with Crippen molar-refractivity contribution in [2.24, 2.45) is 0 Å². The van der Waals surface area contributed by atoms with Gasteiger partial charge in [-0.2, -0.15) is 0 Å². The Balaban J connectivity index is 2.30. The van der Waals surface area contributed by atoms with Crippen LogP contribution in [0.3, 0.4) is 0 Å². The highest BCUT2D eigenvalue weighted by Gasteiger charge is 2.11. The van der Waals surface area contributed by atoms with Gasteiger partial charge in [-0.05, 0) is 32.5 Å². The summed E-state index contributed by atoms with van der Waals surface area (Å²) in [5.41, 5.74) is 3.20. The molecule has 0 aliphatic carbocycles. The summed E-state index contributed by atoms with van der Waals surface area (Å²) in [4.78, 5) is 8.80. The van der Waals surface area contributed by atoms with Gasteiger partial charge in [0.2, 0.25) is 0 Å². The van der Waals surface area contributed by atoms with E-state index in [0.717, 1.165) is 23.0 Å². The molecule has 5 heteroatoms. The molecule has 106 valence electrons. The Hall–Kier alpha value is -1.88. The lowest BCUT2D eigenvalue weighted by Gasteiger charge is -2.10. The van der Waals surface area contributed by atoms with Crippen molar-refractivity contribution in [2.75, 3.05) is 7.05 Å². The normalized spacial score (nSPS) is 10.8. The van der Waals surface area contributed by atoms with E-state index in [1.54, 1.807) is 0 Å². The van der Waals surface area contributed by atoms with Crippen molar-refractivity contribution in [1.82, 2.24) is 15.3 Å². The third-order valence-electron chi connectivity index (χ3n) is 3.18. The van der Waals surface area contributed by atoms with Crippen molar-refractivity contribution in [3.05, 3.63) is 58.2 Å². The van der Waals surface area contributed by atoms with Crippen LogP contribution in [0, 0.1) is 25.5 Å². The number of aromatic nitrogens is 2. The summed E-state index contributed by atoms with van der Waals surface area (Å²) in [5.74, 6) is -0.600. The average molecular weight is 277 g/mol. The Bertz CT molecular complexity index is 604. The largest absolute Gasteiger partial charge is 0.316 e. The molecule has 0 aliphatic rings. The predicted molar refractivity (Wildman–Crippen MR) is 73.4 cm³/mol. The summed E-state index contributed by atoms with van der Waals surface area (Å²) < 4.78 is 26.5. The lowest BCUT2D eigenvalue weighted by Crippen LogP contribution is -2.13. The molecule has 0 saturated heterocycles. The molecule has 0 aliphatic heterocycles. The van der Waals surface area contributed by atoms with Crippen LogP contribution in [0.5, 0.6) is 0 Å². The van der Waals surface area contributed by atoms with Gasteiger partial charge in [0.15, 0.2) is 0 Å². The molecule has 0 radical (unpaired) electrons. The zero-order valence-corrected chi connectivity index (χ0v) is 11.8. The smallest absolute Gasteiger partial charge is 0.133 e. The van der Waals surface area contributed by atoms with Gasteiger partial charge in [-0.1, -0.05) is 6.07 Å². The lowest BCUT2D eigenvalue weighted by molar-refractivity contribution is 0.573. The second kappa shape index (κ2) is 6.05. The number of nitrogens with one attached hydrogen (secondary N) is 1. The molecule has 3 nitrogen and oxygen atoms in total. The molecule has 0 saturated carbocycles. The average Bonchev–Trinajstić information content (AvgIpc) is 2.37. The maximum absolute atomic E-state index is 13.6. The van der Waals surface area contributed by atoms with E-state index >= 15 is 0 Å². The minimum Gasteiger partial charge on any atom is -0.316 e. The van der Waals surface area contributed by atoms with Crippen molar-refractivity contribution in [2.45, 2.75) is 26.8 Å². The van der Waals surface area contributed by atoms with E-state index < -0.39 is 11.6 Å². The molecule has 0 unspecified atom stereocenters. The van der Waals surface area contributed by atoms with Gasteiger partial charge in [-0.3, -0.25) is 0 Å². The van der Waals surface area contributed by atoms with Gasteiger partial charge in [-0.25, -0.2) is 18.7 Å². The first kappa shape index (κ1) is 14.5. The lowest BCUT2D eigenvalue weighted by atomic mass is 10.1. The van der Waals surface area contributed by atoms with E-state index in [-0.39, 0.29) is 6.42 Å². The summed E-state index contributed by atoms with van der Waals surface area (Å²) in [7, 11) is 1.86. The topological polar surface area (TPSA) is 37.8 Å². The Morgan fingerprint density at radius 1 is 1.10 bits per heavy atom. The molecule has 0 spiro atoms. The molecule has 1 N–H and O–H groups in total. The molecular weight excluding hydrogens is 260 g/mol. The maximum Gasteiger partial charge on any atom is 0.133 e. The van der Waals surface area contributed by atoms with Gasteiger partial charge in [0.1, 0.15) is 17.5 Å². The van der Waals surface area contributed by atoms with Crippen molar-refractivity contribution < 1.29 is 8.78 Å². The molecule has 20 heavy (non-hydrogen) atoms. The third kappa shape index (κ3) is 3.17. The van der Waals surface area contributed by atoms with Gasteiger partial charge in [-0.15, -0.1) is 0 Å². The highest BCUT2D eigenvalue weighted by molar-refractivity contribution is 5.27. The van der Waals surface area contributed by atoms with Gasteiger partial charge in [0.25, 0.3) is 0 Å². The van der Waals surface area contributed by atoms with Gasteiger partial charge in [0.05, 0.1) is 0 Å². The summed E-state index contributed by atoms with van der Waals surface area (Å²) in [5, 5.41) is 3.07. The van der Waals surface area contributed by atoms with Crippen molar-refractivity contribution in [1.29, 1.82) is 0 Å². The number of rotatable bonds is 4. The third-order valence-corrected chi connectivity index (χ3v) is 3.18. The van der Waals surface area contributed by atoms with E-state index in [4.69, 9.17) is 0 Å². The fraction of sp³-hybridized carbons (Fsp3) is 0.333. The quantitative estimate of drug-likeness (QED) is 0.933. The Morgan fingerprint density at radius 3 is 2.30 bits per heavy atom. The van der Waals surface area contributed by atoms with Crippen molar-refractivity contribution >= 4 is 0 Å². The molecule has 2 rings (SSSR count). The minimum atomic E-state index is -0.580. The predicted octanol–water partition coefficient (Wildman–Crippen LogP) is 2.68. The van der Waals surface area contributed by atoms with Gasteiger partial charge in [0, 0.05) is 36.0 Å². The SMILES string of the molecule is CNCc1c(C)nc(Cc2ccc(F)cc2F)nc1C. The molecule has 0 atom stereocenters. The van der Waals surface area contributed by atoms with E-state index in [1.807, 2.05) is 20.9 Å². The van der Waals surface area contributed by atoms with Gasteiger partial charge < -0.3 is 5.32 Å². The first-order valence-corrected chi connectivity index (χ1v) is 6.42. The number of hydrogen-bond donors (Lipinski definition) is 1. The highest BCUT2D eigenvalue weighted by atomic mass is 19.1. The van der Waals surface area contributed by atoms with Crippen LogP contribution in [0.1, 0.15) is 28.3 Å². The molecule has 1 aromatic carbocycles. The van der Waals surface area contributed by atoms with Crippen LogP contribution in [-0.4, -0.2) is 17.0 Å². The summed E-state index contributed by atoms with van der Waals surface area (Å²) in [6, 6.07) is 3.55. The first-order chi connectivity index (χ1) is 9.51. The van der Waals surface area contributed by atoms with E-state index in [2.05, 4.69) is 15.3 Å². The molecule has 2 aromatic rings. The standard InChI is InChI=1S/C15H17F2N3/c1-9-13(8-18-3)10(2)20-15(19-9)6-11-4-5-12(16)7-14(11)17/h4-5,7,18H,6,8H2,1-3H3. The number of aryl methyl sites for hydroxylation is 2. The van der Waals surface area contributed by atoms with Crippen LogP contribution in [0.25, 0.3) is 0 Å². The molecule has 1 heterocycles. The number of hydrogen-bond acceptors (Lipinski definition) is 3. The van der Waals surface area contributed by atoms with Crippen LogP contribution >= 0.6 is 0 Å². The van der Waals surface area contributed by atoms with Crippen LogP contribution in [-0.2, 0) is 13.0 Å². The Morgan fingerprint density at radius 2 is 1.75 bits per heavy atom. The summed E-state index contributed by atoms with van der Waals surface area (Å²) >= 11 is 0. The first-order valence-electron chi connectivity index (χ1n) is 6.42. The molecule has 1 aromatic heterocycles. The number of benzene rings is 1. The summed E-state index contributed by atoms with van der Waals surface area (Å²) in [6.45, 7) is 4.51. The zero-order valence-electron chi connectivity index (χ0n) is 11.8. The summed E-state index contributed by atoms with van der Waals surface area (Å²) in [6.07, 6.45) is 0.258.